The van der Waals surface area contributed by atoms with Crippen LogP contribution in [-0.2, 0) is 6.54 Å². The number of para-hydroxylation sites is 1. The Kier molecular flexibility index (Phi) is 6.47. The van der Waals surface area contributed by atoms with Crippen molar-refractivity contribution in [1.82, 2.24) is 5.32 Å². The predicted octanol–water partition coefficient (Wildman–Crippen LogP) is 3.64. The predicted molar refractivity (Wildman–Crippen MR) is 77.9 cm³/mol. The maximum atomic E-state index is 13.7. The van der Waals surface area contributed by atoms with E-state index in [0.29, 0.717) is 18.9 Å². The quantitative estimate of drug-likeness (QED) is 0.738. The molecule has 0 aliphatic heterocycles. The second-order valence-corrected chi connectivity index (χ2v) is 5.56. The molecule has 1 aromatic carbocycles. The summed E-state index contributed by atoms with van der Waals surface area (Å²) in [4.78, 5) is 0. The minimum atomic E-state index is -0.324. The molecule has 3 nitrogen and oxygen atoms in total. The zero-order chi connectivity index (χ0) is 15.0. The van der Waals surface area contributed by atoms with Crippen molar-refractivity contribution >= 4 is 0 Å². The lowest BCUT2D eigenvalue weighted by Gasteiger charge is -2.15. The number of halogens is 1. The zero-order valence-electron chi connectivity index (χ0n) is 12.5. The van der Waals surface area contributed by atoms with Crippen LogP contribution in [0, 0.1) is 22.6 Å². The van der Waals surface area contributed by atoms with Gasteiger partial charge in [0.15, 0.2) is 11.6 Å². The third kappa shape index (κ3) is 5.18. The molecule has 20 heavy (non-hydrogen) atoms. The van der Waals surface area contributed by atoms with Crippen molar-refractivity contribution in [2.45, 2.75) is 39.7 Å². The molecule has 0 aliphatic carbocycles. The Morgan fingerprint density at radius 2 is 2.10 bits per heavy atom. The Labute approximate surface area is 120 Å². The van der Waals surface area contributed by atoms with Gasteiger partial charge in [-0.15, -0.1) is 0 Å². The van der Waals surface area contributed by atoms with Gasteiger partial charge in [-0.3, -0.25) is 0 Å². The number of nitriles is 1. The normalized spacial score (nSPS) is 11.2. The lowest BCUT2D eigenvalue weighted by Crippen LogP contribution is -2.10. The van der Waals surface area contributed by atoms with Crippen molar-refractivity contribution in [3.63, 3.8) is 0 Å². The molecular formula is C16H23FN2O. The van der Waals surface area contributed by atoms with E-state index in [4.69, 9.17) is 10.00 Å². The summed E-state index contributed by atoms with van der Waals surface area (Å²) in [6.45, 7) is 4.90. The number of nitrogens with zero attached hydrogens (tertiary/aromatic N) is 1. The Hall–Kier alpha value is -1.60. The zero-order valence-corrected chi connectivity index (χ0v) is 12.5. The van der Waals surface area contributed by atoms with Gasteiger partial charge in [0, 0.05) is 12.1 Å². The number of rotatable bonds is 8. The van der Waals surface area contributed by atoms with Crippen LogP contribution in [0.2, 0.25) is 0 Å². The summed E-state index contributed by atoms with van der Waals surface area (Å²) < 4.78 is 19.3. The van der Waals surface area contributed by atoms with E-state index in [1.54, 1.807) is 6.07 Å². The highest BCUT2D eigenvalue weighted by Crippen LogP contribution is 2.24. The van der Waals surface area contributed by atoms with Crippen LogP contribution >= 0.6 is 0 Å². The first-order valence-electron chi connectivity index (χ1n) is 6.96. The van der Waals surface area contributed by atoms with E-state index in [-0.39, 0.29) is 11.2 Å². The molecule has 0 spiro atoms. The number of benzene rings is 1. The molecule has 1 aromatic rings. The van der Waals surface area contributed by atoms with Gasteiger partial charge < -0.3 is 10.1 Å². The van der Waals surface area contributed by atoms with Gasteiger partial charge in [-0.1, -0.05) is 12.1 Å². The van der Waals surface area contributed by atoms with Crippen LogP contribution in [0.3, 0.4) is 0 Å². The second kappa shape index (κ2) is 7.86. The number of hydrogen-bond acceptors (Lipinski definition) is 3. The summed E-state index contributed by atoms with van der Waals surface area (Å²) in [5.41, 5.74) is 0.528. The van der Waals surface area contributed by atoms with Gasteiger partial charge in [-0.2, -0.15) is 5.26 Å². The Balaban J connectivity index is 2.44. The van der Waals surface area contributed by atoms with E-state index in [1.165, 1.54) is 6.07 Å². The molecule has 0 saturated carbocycles. The molecule has 0 heterocycles. The number of hydrogen-bond donors (Lipinski definition) is 1. The Morgan fingerprint density at radius 1 is 1.35 bits per heavy atom. The fraction of sp³-hybridized carbons (Fsp3) is 0.562. The van der Waals surface area contributed by atoms with Crippen molar-refractivity contribution in [1.29, 1.82) is 5.26 Å². The highest BCUT2D eigenvalue weighted by Gasteiger charge is 2.15. The molecule has 1 N–H and O–H groups in total. The summed E-state index contributed by atoms with van der Waals surface area (Å²) in [6.07, 6.45) is 2.54. The van der Waals surface area contributed by atoms with E-state index in [0.717, 1.165) is 24.8 Å². The largest absolute Gasteiger partial charge is 0.490 e. The van der Waals surface area contributed by atoms with Crippen LogP contribution in [0.5, 0.6) is 5.75 Å². The van der Waals surface area contributed by atoms with Crippen molar-refractivity contribution in [3.05, 3.63) is 29.6 Å². The SMILES string of the molecule is CNCc1cccc(F)c1OCCCCC(C)(C)C#N. The molecule has 0 unspecified atom stereocenters. The molecule has 0 saturated heterocycles. The summed E-state index contributed by atoms with van der Waals surface area (Å²) in [5.74, 6) is 0.0106. The molecule has 0 bridgehead atoms. The van der Waals surface area contributed by atoms with Crippen LogP contribution in [0.4, 0.5) is 4.39 Å². The molecule has 1 rings (SSSR count). The van der Waals surface area contributed by atoms with Crippen molar-refractivity contribution in [3.8, 4) is 11.8 Å². The summed E-state index contributed by atoms with van der Waals surface area (Å²) in [5, 5.41) is 11.9. The van der Waals surface area contributed by atoms with Crippen LogP contribution in [-0.4, -0.2) is 13.7 Å². The standard InChI is InChI=1S/C16H23FN2O/c1-16(2,12-18)9-4-5-10-20-15-13(11-19-3)7-6-8-14(15)17/h6-8,19H,4-5,9-11H2,1-3H3. The summed E-state index contributed by atoms with van der Waals surface area (Å²) >= 11 is 0. The lowest BCUT2D eigenvalue weighted by atomic mass is 9.89. The maximum absolute atomic E-state index is 13.7. The van der Waals surface area contributed by atoms with E-state index in [9.17, 15) is 4.39 Å². The molecule has 0 radical (unpaired) electrons. The van der Waals surface area contributed by atoms with Crippen molar-refractivity contribution in [2.24, 2.45) is 5.41 Å². The number of nitrogens with one attached hydrogen (secondary N) is 1. The van der Waals surface area contributed by atoms with Crippen LogP contribution in [0.15, 0.2) is 18.2 Å². The number of ether oxygens (including phenoxy) is 1. The molecule has 0 aromatic heterocycles. The van der Waals surface area contributed by atoms with E-state index in [1.807, 2.05) is 27.0 Å². The molecule has 110 valence electrons. The molecule has 4 heteroatoms. The minimum Gasteiger partial charge on any atom is -0.490 e. The van der Waals surface area contributed by atoms with Gasteiger partial charge in [-0.05, 0) is 46.2 Å². The molecule has 0 fully saturated rings. The van der Waals surface area contributed by atoms with Crippen LogP contribution in [0.25, 0.3) is 0 Å². The first-order valence-corrected chi connectivity index (χ1v) is 6.96. The third-order valence-electron chi connectivity index (χ3n) is 3.16. The van der Waals surface area contributed by atoms with E-state index in [2.05, 4.69) is 11.4 Å². The fourth-order valence-corrected chi connectivity index (χ4v) is 1.94. The van der Waals surface area contributed by atoms with Crippen LogP contribution < -0.4 is 10.1 Å². The molecule has 0 aliphatic rings. The minimum absolute atomic E-state index is 0.296. The highest BCUT2D eigenvalue weighted by molar-refractivity contribution is 5.34. The lowest BCUT2D eigenvalue weighted by molar-refractivity contribution is 0.279. The number of unbranched alkanes of at least 4 members (excludes halogenated alkanes) is 1. The first-order chi connectivity index (χ1) is 9.50. The highest BCUT2D eigenvalue weighted by atomic mass is 19.1. The first kappa shape index (κ1) is 16.5. The van der Waals surface area contributed by atoms with Gasteiger partial charge >= 0.3 is 0 Å². The monoisotopic (exact) mass is 278 g/mol. The van der Waals surface area contributed by atoms with Crippen molar-refractivity contribution in [2.75, 3.05) is 13.7 Å². The van der Waals surface area contributed by atoms with Gasteiger partial charge in [-0.25, -0.2) is 4.39 Å². The van der Waals surface area contributed by atoms with Gasteiger partial charge in [0.1, 0.15) is 0 Å². The summed E-state index contributed by atoms with van der Waals surface area (Å²) in [6, 6.07) is 7.23. The second-order valence-electron chi connectivity index (χ2n) is 5.56. The fourth-order valence-electron chi connectivity index (χ4n) is 1.94. The topological polar surface area (TPSA) is 45.0 Å². The smallest absolute Gasteiger partial charge is 0.165 e. The molecule has 0 atom stereocenters. The van der Waals surface area contributed by atoms with E-state index < -0.39 is 0 Å². The molecule has 0 amide bonds. The Morgan fingerprint density at radius 3 is 2.75 bits per heavy atom. The third-order valence-corrected chi connectivity index (χ3v) is 3.16. The molecular weight excluding hydrogens is 255 g/mol. The maximum Gasteiger partial charge on any atom is 0.165 e. The summed E-state index contributed by atoms with van der Waals surface area (Å²) in [7, 11) is 1.82. The van der Waals surface area contributed by atoms with Crippen LogP contribution in [0.1, 0.15) is 38.7 Å². The van der Waals surface area contributed by atoms with Crippen molar-refractivity contribution < 1.29 is 9.13 Å². The average molecular weight is 278 g/mol. The Bertz CT molecular complexity index is 466. The van der Waals surface area contributed by atoms with Gasteiger partial charge in [0.05, 0.1) is 18.1 Å². The van der Waals surface area contributed by atoms with E-state index >= 15 is 0 Å². The van der Waals surface area contributed by atoms with Gasteiger partial charge in [0.2, 0.25) is 0 Å². The average Bonchev–Trinajstić information content (AvgIpc) is 2.41. The van der Waals surface area contributed by atoms with Gasteiger partial charge in [0.25, 0.3) is 0 Å².